The molecular weight excluding hydrogens is 532 g/mol. The molecule has 0 aromatic heterocycles. The summed E-state index contributed by atoms with van der Waals surface area (Å²) in [4.78, 5) is 0. The third-order valence-corrected chi connectivity index (χ3v) is 12.5. The average molecular weight is 571 g/mol. The summed E-state index contributed by atoms with van der Waals surface area (Å²) in [5.74, 6) is 5.42. The molecule has 6 aliphatic rings. The number of hydrogen-bond acceptors (Lipinski definition) is 1. The Kier molecular flexibility index (Phi) is 5.02. The number of fused-ring (bicyclic) bond motifs is 5. The van der Waals surface area contributed by atoms with Gasteiger partial charge in [0.1, 0.15) is 11.5 Å². The van der Waals surface area contributed by atoms with Crippen LogP contribution in [0.2, 0.25) is 0 Å². The van der Waals surface area contributed by atoms with E-state index in [4.69, 9.17) is 4.74 Å². The summed E-state index contributed by atoms with van der Waals surface area (Å²) in [6, 6.07) is 41.3. The molecule has 0 saturated heterocycles. The third kappa shape index (κ3) is 3.26. The van der Waals surface area contributed by atoms with Crippen LogP contribution in [0.15, 0.2) is 109 Å². The van der Waals surface area contributed by atoms with Gasteiger partial charge in [0.2, 0.25) is 0 Å². The minimum atomic E-state index is -0.125. The van der Waals surface area contributed by atoms with Crippen LogP contribution in [0.25, 0.3) is 33.4 Å². The van der Waals surface area contributed by atoms with Gasteiger partial charge >= 0.3 is 0 Å². The molecule has 1 nitrogen and oxygen atoms in total. The summed E-state index contributed by atoms with van der Waals surface area (Å²) in [6.07, 6.45) is 7.17. The maximum atomic E-state index is 6.36. The van der Waals surface area contributed by atoms with Crippen molar-refractivity contribution in [3.63, 3.8) is 0 Å². The fourth-order valence-corrected chi connectivity index (χ4v) is 10.8. The summed E-state index contributed by atoms with van der Waals surface area (Å²) in [5, 5.41) is 0. The molecule has 1 aliphatic heterocycles. The lowest BCUT2D eigenvalue weighted by atomic mass is 9.43. The van der Waals surface area contributed by atoms with Gasteiger partial charge in [-0.25, -0.2) is 0 Å². The Morgan fingerprint density at radius 3 is 1.80 bits per heavy atom. The van der Waals surface area contributed by atoms with Crippen molar-refractivity contribution < 1.29 is 4.74 Å². The first-order chi connectivity index (χ1) is 21.5. The molecule has 44 heavy (non-hydrogen) atoms. The van der Waals surface area contributed by atoms with Gasteiger partial charge in [-0.1, -0.05) is 92.7 Å². The van der Waals surface area contributed by atoms with Crippen molar-refractivity contribution >= 4 is 0 Å². The lowest BCUT2D eigenvalue weighted by molar-refractivity contribution is -0.0399. The second-order valence-corrected chi connectivity index (χ2v) is 15.0. The number of rotatable bonds is 2. The van der Waals surface area contributed by atoms with E-state index in [-0.39, 0.29) is 10.8 Å². The Hall–Kier alpha value is -4.10. The molecule has 5 aromatic rings. The highest BCUT2D eigenvalue weighted by Gasteiger charge is 2.61. The van der Waals surface area contributed by atoms with Gasteiger partial charge in [0.25, 0.3) is 0 Å². The molecule has 5 aromatic carbocycles. The Balaban J connectivity index is 1.07. The molecule has 1 heteroatoms. The molecule has 11 rings (SSSR count). The highest BCUT2D eigenvalue weighted by molar-refractivity contribution is 5.85. The number of ether oxygens (including phenoxy) is 1. The minimum absolute atomic E-state index is 0.125. The Bertz CT molecular complexity index is 1960. The predicted octanol–water partition coefficient (Wildman–Crippen LogP) is 11.2. The molecule has 4 fully saturated rings. The third-order valence-electron chi connectivity index (χ3n) is 12.5. The first-order valence-electron chi connectivity index (χ1n) is 16.8. The Morgan fingerprint density at radius 1 is 0.477 bits per heavy atom. The van der Waals surface area contributed by atoms with E-state index in [1.165, 1.54) is 76.6 Å². The van der Waals surface area contributed by atoms with Crippen molar-refractivity contribution in [3.05, 3.63) is 131 Å². The van der Waals surface area contributed by atoms with Crippen molar-refractivity contribution in [1.82, 2.24) is 0 Å². The fourth-order valence-electron chi connectivity index (χ4n) is 10.8. The molecule has 4 saturated carbocycles. The Labute approximate surface area is 260 Å². The standard InChI is InChI=1S/C43H38O/c1-42(2)37-12-5-6-13-40(37)44-41-17-15-31(25-39(41)42)29-9-7-8-28(23-29)30-14-16-35-34-10-3-4-11-36(34)43(38(35)24-30)32-19-26-18-27(21-32)22-33(43)20-26/h3-17,23-27,32-33H,18-22H2,1-2H3. The second-order valence-electron chi connectivity index (χ2n) is 15.0. The van der Waals surface area contributed by atoms with Crippen LogP contribution in [0.1, 0.15) is 68.2 Å². The van der Waals surface area contributed by atoms with E-state index in [2.05, 4.69) is 123 Å². The topological polar surface area (TPSA) is 9.23 Å². The zero-order valence-electron chi connectivity index (χ0n) is 25.6. The van der Waals surface area contributed by atoms with Gasteiger partial charge < -0.3 is 4.74 Å². The monoisotopic (exact) mass is 570 g/mol. The molecule has 0 N–H and O–H groups in total. The van der Waals surface area contributed by atoms with Crippen LogP contribution in [0.4, 0.5) is 0 Å². The van der Waals surface area contributed by atoms with Gasteiger partial charge in [0, 0.05) is 22.0 Å². The quantitative estimate of drug-likeness (QED) is 0.205. The maximum absolute atomic E-state index is 6.36. The summed E-state index contributed by atoms with van der Waals surface area (Å²) in [5.41, 5.74) is 14.0. The van der Waals surface area contributed by atoms with Crippen LogP contribution in [0, 0.1) is 23.7 Å². The van der Waals surface area contributed by atoms with E-state index in [1.54, 1.807) is 11.1 Å². The van der Waals surface area contributed by atoms with Gasteiger partial charge in [-0.2, -0.15) is 0 Å². The lowest BCUT2D eigenvalue weighted by Crippen LogP contribution is -2.55. The molecule has 0 atom stereocenters. The molecule has 0 radical (unpaired) electrons. The van der Waals surface area contributed by atoms with Crippen LogP contribution >= 0.6 is 0 Å². The zero-order valence-corrected chi connectivity index (χ0v) is 25.6. The average Bonchev–Trinajstić information content (AvgIpc) is 3.34. The van der Waals surface area contributed by atoms with E-state index < -0.39 is 0 Å². The largest absolute Gasteiger partial charge is 0.457 e. The van der Waals surface area contributed by atoms with Crippen LogP contribution < -0.4 is 4.74 Å². The molecule has 216 valence electrons. The van der Waals surface area contributed by atoms with Crippen LogP contribution in [0.3, 0.4) is 0 Å². The summed E-state index contributed by atoms with van der Waals surface area (Å²) in [6.45, 7) is 4.63. The molecule has 1 spiro atoms. The summed E-state index contributed by atoms with van der Waals surface area (Å²) < 4.78 is 6.36. The van der Waals surface area contributed by atoms with E-state index in [1.807, 2.05) is 0 Å². The van der Waals surface area contributed by atoms with Gasteiger partial charge in [0.15, 0.2) is 0 Å². The van der Waals surface area contributed by atoms with Crippen molar-refractivity contribution in [2.75, 3.05) is 0 Å². The molecule has 4 bridgehead atoms. The van der Waals surface area contributed by atoms with Crippen LogP contribution in [0.5, 0.6) is 11.5 Å². The first-order valence-corrected chi connectivity index (χ1v) is 16.8. The van der Waals surface area contributed by atoms with E-state index >= 15 is 0 Å². The fraction of sp³-hybridized carbons (Fsp3) is 0.302. The first kappa shape index (κ1) is 25.2. The second kappa shape index (κ2) is 8.75. The normalized spacial score (nSPS) is 27.8. The molecular formula is C43H38O. The van der Waals surface area contributed by atoms with E-state index in [9.17, 15) is 0 Å². The SMILES string of the molecule is CC1(C)c2ccccc2Oc2ccc(-c3cccc(-c4ccc5c(c4)C4(c6ccccc6-5)C5CC6CC(C5)CC4C6)c3)cc21. The van der Waals surface area contributed by atoms with Gasteiger partial charge in [-0.15, -0.1) is 0 Å². The van der Waals surface area contributed by atoms with E-state index in [0.717, 1.165) is 35.2 Å². The molecule has 0 amide bonds. The van der Waals surface area contributed by atoms with Crippen molar-refractivity contribution in [2.24, 2.45) is 23.7 Å². The van der Waals surface area contributed by atoms with Gasteiger partial charge in [0.05, 0.1) is 0 Å². The minimum Gasteiger partial charge on any atom is -0.457 e. The predicted molar refractivity (Wildman–Crippen MR) is 179 cm³/mol. The number of benzene rings is 5. The van der Waals surface area contributed by atoms with Crippen LogP contribution in [-0.2, 0) is 10.8 Å². The zero-order chi connectivity index (χ0) is 29.2. The van der Waals surface area contributed by atoms with E-state index in [0.29, 0.717) is 0 Å². The summed E-state index contributed by atoms with van der Waals surface area (Å²) in [7, 11) is 0. The van der Waals surface area contributed by atoms with Gasteiger partial charge in [-0.3, -0.25) is 0 Å². The molecule has 0 unspecified atom stereocenters. The Morgan fingerprint density at radius 2 is 1.05 bits per heavy atom. The molecule has 1 heterocycles. The lowest BCUT2D eigenvalue weighted by Gasteiger charge is -2.61. The highest BCUT2D eigenvalue weighted by atomic mass is 16.5. The summed E-state index contributed by atoms with van der Waals surface area (Å²) >= 11 is 0. The highest BCUT2D eigenvalue weighted by Crippen LogP contribution is 2.69. The van der Waals surface area contributed by atoms with Crippen molar-refractivity contribution in [2.45, 2.75) is 56.8 Å². The maximum Gasteiger partial charge on any atom is 0.131 e. The van der Waals surface area contributed by atoms with Gasteiger partial charge in [-0.05, 0) is 131 Å². The van der Waals surface area contributed by atoms with Crippen molar-refractivity contribution in [3.8, 4) is 44.9 Å². The number of hydrogen-bond donors (Lipinski definition) is 0. The van der Waals surface area contributed by atoms with Crippen LogP contribution in [-0.4, -0.2) is 0 Å². The molecule has 5 aliphatic carbocycles. The van der Waals surface area contributed by atoms with Crippen molar-refractivity contribution in [1.29, 1.82) is 0 Å². The smallest absolute Gasteiger partial charge is 0.131 e. The number of para-hydroxylation sites is 1.